The maximum atomic E-state index is 13.4. The van der Waals surface area contributed by atoms with Crippen molar-refractivity contribution in [3.05, 3.63) is 49.5 Å². The number of nitrogens with zero attached hydrogens (tertiary/aromatic N) is 3. The molecule has 0 spiro atoms. The summed E-state index contributed by atoms with van der Waals surface area (Å²) in [5.74, 6) is -4.36. The van der Waals surface area contributed by atoms with Crippen molar-refractivity contribution in [1.29, 1.82) is 5.26 Å². The van der Waals surface area contributed by atoms with Crippen molar-refractivity contribution in [2.24, 2.45) is 0 Å². The first-order valence-electron chi connectivity index (χ1n) is 8.32. The van der Waals surface area contributed by atoms with Crippen LogP contribution in [-0.4, -0.2) is 46.8 Å². The number of likely N-dealkylation sites (tertiary alicyclic amines) is 1. The molecule has 1 fully saturated rings. The molecule has 1 aromatic heterocycles. The summed E-state index contributed by atoms with van der Waals surface area (Å²) in [5, 5.41) is 13.7. The Bertz CT molecular complexity index is 944. The van der Waals surface area contributed by atoms with Gasteiger partial charge in [0.2, 0.25) is 5.91 Å². The van der Waals surface area contributed by atoms with Crippen LogP contribution in [-0.2, 0) is 11.2 Å². The molecule has 1 aliphatic heterocycles. The Hall–Kier alpha value is -2.13. The molecule has 28 heavy (non-hydrogen) atoms. The van der Waals surface area contributed by atoms with Gasteiger partial charge >= 0.3 is 0 Å². The number of hydrogen-bond donors (Lipinski definition) is 1. The second-order valence-corrected chi connectivity index (χ2v) is 8.41. The van der Waals surface area contributed by atoms with Gasteiger partial charge in [-0.05, 0) is 34.2 Å². The Balaban J connectivity index is 1.57. The number of halogens is 3. The summed E-state index contributed by atoms with van der Waals surface area (Å²) in [5.41, 5.74) is 1.26. The number of thiazole rings is 1. The molecule has 1 saturated heterocycles. The first-order chi connectivity index (χ1) is 13.3. The molecule has 0 radical (unpaired) electrons. The summed E-state index contributed by atoms with van der Waals surface area (Å²) in [6.45, 7) is -1.27. The monoisotopic (exact) mass is 516 g/mol. The van der Waals surface area contributed by atoms with E-state index in [-0.39, 0.29) is 5.69 Å². The maximum absolute atomic E-state index is 13.4. The van der Waals surface area contributed by atoms with Crippen LogP contribution in [0.4, 0.5) is 8.78 Å². The van der Waals surface area contributed by atoms with Crippen LogP contribution in [0.3, 0.4) is 0 Å². The predicted molar refractivity (Wildman–Crippen MR) is 107 cm³/mol. The fourth-order valence-electron chi connectivity index (χ4n) is 2.84. The zero-order chi connectivity index (χ0) is 20.3. The Morgan fingerprint density at radius 2 is 2.18 bits per heavy atom. The van der Waals surface area contributed by atoms with Gasteiger partial charge in [-0.25, -0.2) is 13.8 Å². The van der Waals surface area contributed by atoms with Crippen molar-refractivity contribution in [2.45, 2.75) is 24.8 Å². The number of alkyl halides is 2. The largest absolute Gasteiger partial charge is 0.342 e. The summed E-state index contributed by atoms with van der Waals surface area (Å²) in [6, 6.07) is 8.36. The summed E-state index contributed by atoms with van der Waals surface area (Å²) < 4.78 is 27.9. The Labute approximate surface area is 177 Å². The van der Waals surface area contributed by atoms with E-state index in [1.807, 2.05) is 24.3 Å². The SMILES string of the molecule is N#C[C@@H]1CC(F)(F)CN1C(=O)CNC(=O)c1csc(Cc2ccccc2I)n1. The molecule has 0 saturated carbocycles. The third-order valence-corrected chi connectivity index (χ3v) is 6.12. The number of carbonyl (C=O) groups excluding carboxylic acids is 2. The number of benzene rings is 1. The van der Waals surface area contributed by atoms with Crippen molar-refractivity contribution in [1.82, 2.24) is 15.2 Å². The second-order valence-electron chi connectivity index (χ2n) is 6.30. The average Bonchev–Trinajstić information content (AvgIpc) is 3.25. The molecule has 2 aromatic rings. The van der Waals surface area contributed by atoms with E-state index < -0.39 is 43.3 Å². The van der Waals surface area contributed by atoms with E-state index in [1.54, 1.807) is 11.4 Å². The lowest BCUT2D eigenvalue weighted by atomic mass is 10.2. The standard InChI is InChI=1S/C18H15F2IN4O2S/c19-18(20)6-12(7-22)25(10-18)16(26)8-23-17(27)14-9-28-15(24-14)5-11-3-1-2-4-13(11)21/h1-4,9,12H,5-6,8,10H2,(H,23,27)/t12-/m0/s1. The number of amides is 2. The average molecular weight is 516 g/mol. The summed E-state index contributed by atoms with van der Waals surface area (Å²) in [6.07, 6.45) is -0.0976. The Kier molecular flexibility index (Phi) is 6.24. The van der Waals surface area contributed by atoms with Crippen LogP contribution in [0, 0.1) is 14.9 Å². The van der Waals surface area contributed by atoms with Crippen molar-refractivity contribution in [3.8, 4) is 6.07 Å². The summed E-state index contributed by atoms with van der Waals surface area (Å²) >= 11 is 3.56. The molecule has 1 N–H and O–H groups in total. The first-order valence-corrected chi connectivity index (χ1v) is 10.3. The van der Waals surface area contributed by atoms with Gasteiger partial charge in [-0.2, -0.15) is 5.26 Å². The lowest BCUT2D eigenvalue weighted by molar-refractivity contribution is -0.131. The highest BCUT2D eigenvalue weighted by Gasteiger charge is 2.47. The van der Waals surface area contributed by atoms with E-state index in [4.69, 9.17) is 5.26 Å². The highest BCUT2D eigenvalue weighted by atomic mass is 127. The molecule has 10 heteroatoms. The fraction of sp³-hybridized carbons (Fsp3) is 0.333. The van der Waals surface area contributed by atoms with Crippen LogP contribution in [0.5, 0.6) is 0 Å². The van der Waals surface area contributed by atoms with Gasteiger partial charge < -0.3 is 10.2 Å². The minimum Gasteiger partial charge on any atom is -0.342 e. The highest BCUT2D eigenvalue weighted by molar-refractivity contribution is 14.1. The fourth-order valence-corrected chi connectivity index (χ4v) is 4.22. The summed E-state index contributed by atoms with van der Waals surface area (Å²) in [4.78, 5) is 29.4. The predicted octanol–water partition coefficient (Wildman–Crippen LogP) is 2.83. The maximum Gasteiger partial charge on any atom is 0.271 e. The van der Waals surface area contributed by atoms with Gasteiger partial charge in [0.05, 0.1) is 24.2 Å². The molecule has 0 bridgehead atoms. The third-order valence-electron chi connectivity index (χ3n) is 4.22. The summed E-state index contributed by atoms with van der Waals surface area (Å²) in [7, 11) is 0. The zero-order valence-corrected chi connectivity index (χ0v) is 17.5. The minimum absolute atomic E-state index is 0.169. The van der Waals surface area contributed by atoms with Gasteiger partial charge in [-0.3, -0.25) is 9.59 Å². The van der Waals surface area contributed by atoms with Gasteiger partial charge in [0.1, 0.15) is 11.7 Å². The van der Waals surface area contributed by atoms with Crippen molar-refractivity contribution < 1.29 is 18.4 Å². The molecule has 1 aromatic carbocycles. The number of carbonyl (C=O) groups is 2. The number of nitriles is 1. The molecule has 146 valence electrons. The Morgan fingerprint density at radius 3 is 2.89 bits per heavy atom. The quantitative estimate of drug-likeness (QED) is 0.620. The molecule has 0 unspecified atom stereocenters. The van der Waals surface area contributed by atoms with Crippen molar-refractivity contribution in [2.75, 3.05) is 13.1 Å². The van der Waals surface area contributed by atoms with E-state index in [0.717, 1.165) is 19.0 Å². The molecule has 2 amide bonds. The smallest absolute Gasteiger partial charge is 0.271 e. The zero-order valence-electron chi connectivity index (χ0n) is 14.5. The first kappa shape index (κ1) is 20.6. The van der Waals surface area contributed by atoms with E-state index in [1.165, 1.54) is 11.3 Å². The van der Waals surface area contributed by atoms with E-state index >= 15 is 0 Å². The molecule has 6 nitrogen and oxygen atoms in total. The Morgan fingerprint density at radius 1 is 1.43 bits per heavy atom. The number of hydrogen-bond acceptors (Lipinski definition) is 5. The number of nitrogens with one attached hydrogen (secondary N) is 1. The highest BCUT2D eigenvalue weighted by Crippen LogP contribution is 2.31. The molecule has 1 atom stereocenters. The number of rotatable bonds is 5. The van der Waals surface area contributed by atoms with Crippen molar-refractivity contribution in [3.63, 3.8) is 0 Å². The van der Waals surface area contributed by atoms with Crippen LogP contribution in [0.25, 0.3) is 0 Å². The van der Waals surface area contributed by atoms with Gasteiger partial charge in [-0.1, -0.05) is 18.2 Å². The molecular weight excluding hydrogens is 501 g/mol. The molecule has 2 heterocycles. The second kappa shape index (κ2) is 8.48. The van der Waals surface area contributed by atoms with Crippen LogP contribution < -0.4 is 5.32 Å². The lowest BCUT2D eigenvalue weighted by Crippen LogP contribution is -2.43. The topological polar surface area (TPSA) is 86.1 Å². The van der Waals surface area contributed by atoms with Crippen LogP contribution in [0.1, 0.15) is 27.5 Å². The van der Waals surface area contributed by atoms with E-state index in [2.05, 4.69) is 32.9 Å². The third kappa shape index (κ3) is 4.82. The van der Waals surface area contributed by atoms with E-state index in [0.29, 0.717) is 6.42 Å². The van der Waals surface area contributed by atoms with E-state index in [9.17, 15) is 18.4 Å². The lowest BCUT2D eigenvalue weighted by Gasteiger charge is -2.19. The van der Waals surface area contributed by atoms with Crippen LogP contribution in [0.15, 0.2) is 29.6 Å². The van der Waals surface area contributed by atoms with Gasteiger partial charge in [0.15, 0.2) is 0 Å². The molecule has 0 aliphatic carbocycles. The van der Waals surface area contributed by atoms with Crippen LogP contribution in [0.2, 0.25) is 0 Å². The van der Waals surface area contributed by atoms with Gasteiger partial charge in [0, 0.05) is 21.8 Å². The molecular formula is C18H15F2IN4O2S. The van der Waals surface area contributed by atoms with Gasteiger partial charge in [0.25, 0.3) is 11.8 Å². The van der Waals surface area contributed by atoms with Crippen molar-refractivity contribution >= 4 is 45.7 Å². The van der Waals surface area contributed by atoms with Gasteiger partial charge in [-0.15, -0.1) is 11.3 Å². The molecule has 1 aliphatic rings. The number of aromatic nitrogens is 1. The minimum atomic E-state index is -3.08. The molecule has 3 rings (SSSR count). The van der Waals surface area contributed by atoms with Crippen LogP contribution >= 0.6 is 33.9 Å². The normalized spacial score (nSPS) is 17.9.